The van der Waals surface area contributed by atoms with Crippen LogP contribution in [-0.2, 0) is 22.6 Å². The molecule has 1 aromatic heterocycles. The van der Waals surface area contributed by atoms with Crippen molar-refractivity contribution in [2.75, 3.05) is 6.54 Å². The second kappa shape index (κ2) is 7.61. The number of carbonyl (C=O) groups is 3. The Kier molecular flexibility index (Phi) is 5.25. The van der Waals surface area contributed by atoms with E-state index in [1.165, 1.54) is 6.07 Å². The minimum absolute atomic E-state index is 0.133. The third-order valence-corrected chi connectivity index (χ3v) is 4.60. The topological polar surface area (TPSA) is 115 Å². The Labute approximate surface area is 156 Å². The van der Waals surface area contributed by atoms with Crippen molar-refractivity contribution < 1.29 is 19.5 Å². The molecule has 2 aromatic rings. The molecule has 0 bridgehead atoms. The van der Waals surface area contributed by atoms with Crippen molar-refractivity contribution in [3.63, 3.8) is 0 Å². The SMILES string of the molecule is CCC(=O)N[C@@H](C)C(=O)N1CCc2nc(-c3cccc(C(=O)O)c3)[nH]c2C1. The van der Waals surface area contributed by atoms with Crippen molar-refractivity contribution in [2.24, 2.45) is 0 Å². The molecule has 1 aliphatic heterocycles. The zero-order chi connectivity index (χ0) is 19.6. The van der Waals surface area contributed by atoms with E-state index in [4.69, 9.17) is 5.11 Å². The largest absolute Gasteiger partial charge is 0.478 e. The number of aromatic amines is 1. The van der Waals surface area contributed by atoms with Gasteiger partial charge >= 0.3 is 5.97 Å². The number of benzene rings is 1. The van der Waals surface area contributed by atoms with Crippen LogP contribution in [0, 0.1) is 0 Å². The van der Waals surface area contributed by atoms with Crippen LogP contribution in [0.4, 0.5) is 0 Å². The van der Waals surface area contributed by atoms with Crippen molar-refractivity contribution in [3.05, 3.63) is 41.2 Å². The van der Waals surface area contributed by atoms with E-state index in [1.807, 2.05) is 0 Å². The molecule has 2 heterocycles. The molecule has 3 rings (SSSR count). The molecule has 8 heteroatoms. The lowest BCUT2D eigenvalue weighted by Crippen LogP contribution is -2.48. The van der Waals surface area contributed by atoms with E-state index in [2.05, 4.69) is 15.3 Å². The first-order valence-corrected chi connectivity index (χ1v) is 8.88. The van der Waals surface area contributed by atoms with Gasteiger partial charge in [-0.3, -0.25) is 9.59 Å². The summed E-state index contributed by atoms with van der Waals surface area (Å²) in [5.41, 5.74) is 2.59. The number of carboxylic acid groups (broad SMARTS) is 1. The van der Waals surface area contributed by atoms with E-state index < -0.39 is 12.0 Å². The van der Waals surface area contributed by atoms with Gasteiger partial charge in [0, 0.05) is 24.9 Å². The molecule has 0 unspecified atom stereocenters. The van der Waals surface area contributed by atoms with Gasteiger partial charge < -0.3 is 20.3 Å². The number of fused-ring (bicyclic) bond motifs is 1. The van der Waals surface area contributed by atoms with Crippen molar-refractivity contribution in [3.8, 4) is 11.4 Å². The van der Waals surface area contributed by atoms with Gasteiger partial charge in [-0.15, -0.1) is 0 Å². The average molecular weight is 370 g/mol. The molecule has 0 aliphatic carbocycles. The van der Waals surface area contributed by atoms with Gasteiger partial charge in [0.05, 0.1) is 23.5 Å². The maximum atomic E-state index is 12.6. The number of rotatable bonds is 5. The van der Waals surface area contributed by atoms with Gasteiger partial charge in [0.15, 0.2) is 0 Å². The fourth-order valence-electron chi connectivity index (χ4n) is 3.10. The molecule has 1 aromatic carbocycles. The zero-order valence-corrected chi connectivity index (χ0v) is 15.3. The highest BCUT2D eigenvalue weighted by molar-refractivity contribution is 5.89. The van der Waals surface area contributed by atoms with Crippen LogP contribution >= 0.6 is 0 Å². The average Bonchev–Trinajstić information content (AvgIpc) is 3.10. The minimum Gasteiger partial charge on any atom is -0.478 e. The molecule has 142 valence electrons. The maximum absolute atomic E-state index is 12.6. The number of carboxylic acids is 1. The van der Waals surface area contributed by atoms with Crippen LogP contribution in [0.2, 0.25) is 0 Å². The Balaban J connectivity index is 1.76. The van der Waals surface area contributed by atoms with Gasteiger partial charge in [0.2, 0.25) is 11.8 Å². The fourth-order valence-corrected chi connectivity index (χ4v) is 3.10. The minimum atomic E-state index is -0.993. The van der Waals surface area contributed by atoms with Crippen LogP contribution in [0.25, 0.3) is 11.4 Å². The molecule has 27 heavy (non-hydrogen) atoms. The quantitative estimate of drug-likeness (QED) is 0.739. The van der Waals surface area contributed by atoms with Crippen molar-refractivity contribution >= 4 is 17.8 Å². The van der Waals surface area contributed by atoms with Crippen LogP contribution in [0.5, 0.6) is 0 Å². The second-order valence-electron chi connectivity index (χ2n) is 6.55. The number of imidazole rings is 1. The monoisotopic (exact) mass is 370 g/mol. The van der Waals surface area contributed by atoms with Gasteiger partial charge in [0.25, 0.3) is 0 Å². The van der Waals surface area contributed by atoms with Gasteiger partial charge in [-0.25, -0.2) is 9.78 Å². The number of nitrogens with one attached hydrogen (secondary N) is 2. The van der Waals surface area contributed by atoms with Crippen molar-refractivity contribution in [1.82, 2.24) is 20.2 Å². The third-order valence-electron chi connectivity index (χ3n) is 4.60. The van der Waals surface area contributed by atoms with Crippen LogP contribution in [0.15, 0.2) is 24.3 Å². The standard InChI is InChI=1S/C19H22N4O4/c1-3-16(24)20-11(2)18(25)23-8-7-14-15(10-23)22-17(21-14)12-5-4-6-13(9-12)19(26)27/h4-6,9,11H,3,7-8,10H2,1-2H3,(H,20,24)(H,21,22)(H,26,27)/t11-/m0/s1. The Morgan fingerprint density at radius 1 is 1.37 bits per heavy atom. The highest BCUT2D eigenvalue weighted by Crippen LogP contribution is 2.24. The normalized spacial score (nSPS) is 14.4. The lowest BCUT2D eigenvalue weighted by atomic mass is 10.1. The molecule has 0 saturated heterocycles. The number of hydrogen-bond donors (Lipinski definition) is 3. The van der Waals surface area contributed by atoms with Crippen LogP contribution < -0.4 is 5.32 Å². The van der Waals surface area contributed by atoms with Crippen LogP contribution in [0.1, 0.15) is 42.0 Å². The van der Waals surface area contributed by atoms with E-state index in [9.17, 15) is 14.4 Å². The van der Waals surface area contributed by atoms with Gasteiger partial charge in [-0.1, -0.05) is 19.1 Å². The fraction of sp³-hybridized carbons (Fsp3) is 0.368. The van der Waals surface area contributed by atoms with Crippen molar-refractivity contribution in [2.45, 2.75) is 39.3 Å². The van der Waals surface area contributed by atoms with E-state index in [1.54, 1.807) is 36.9 Å². The first-order chi connectivity index (χ1) is 12.9. The summed E-state index contributed by atoms with van der Waals surface area (Å²) in [5.74, 6) is -0.694. The molecule has 2 amide bonds. The lowest BCUT2D eigenvalue weighted by molar-refractivity contribution is -0.136. The summed E-state index contributed by atoms with van der Waals surface area (Å²) >= 11 is 0. The number of amides is 2. The number of H-pyrrole nitrogens is 1. The highest BCUT2D eigenvalue weighted by atomic mass is 16.4. The molecular formula is C19H22N4O4. The summed E-state index contributed by atoms with van der Waals surface area (Å²) in [6.07, 6.45) is 0.936. The molecule has 0 radical (unpaired) electrons. The van der Waals surface area contributed by atoms with Crippen LogP contribution in [0.3, 0.4) is 0 Å². The summed E-state index contributed by atoms with van der Waals surface area (Å²) in [6.45, 7) is 4.33. The third kappa shape index (κ3) is 3.99. The predicted octanol–water partition coefficient (Wildman–Crippen LogP) is 1.57. The summed E-state index contributed by atoms with van der Waals surface area (Å²) in [6, 6.07) is 5.99. The van der Waals surface area contributed by atoms with E-state index in [-0.39, 0.29) is 17.4 Å². The first-order valence-electron chi connectivity index (χ1n) is 8.88. The molecule has 0 spiro atoms. The number of carbonyl (C=O) groups excluding carboxylic acids is 2. The number of aromatic carboxylic acids is 1. The van der Waals surface area contributed by atoms with Gasteiger partial charge in [0.1, 0.15) is 11.9 Å². The van der Waals surface area contributed by atoms with E-state index in [0.29, 0.717) is 37.3 Å². The Bertz CT molecular complexity index is 890. The summed E-state index contributed by atoms with van der Waals surface area (Å²) < 4.78 is 0. The molecule has 8 nitrogen and oxygen atoms in total. The maximum Gasteiger partial charge on any atom is 0.335 e. The molecule has 0 fully saturated rings. The summed E-state index contributed by atoms with van der Waals surface area (Å²) in [5, 5.41) is 11.8. The second-order valence-corrected chi connectivity index (χ2v) is 6.55. The highest BCUT2D eigenvalue weighted by Gasteiger charge is 2.27. The Morgan fingerprint density at radius 3 is 2.85 bits per heavy atom. The molecular weight excluding hydrogens is 348 g/mol. The summed E-state index contributed by atoms with van der Waals surface area (Å²) in [7, 11) is 0. The predicted molar refractivity (Wildman–Crippen MR) is 98.0 cm³/mol. The van der Waals surface area contributed by atoms with Gasteiger partial charge in [-0.05, 0) is 19.1 Å². The molecule has 0 saturated carbocycles. The summed E-state index contributed by atoms with van der Waals surface area (Å²) in [4.78, 5) is 44.7. The van der Waals surface area contributed by atoms with Gasteiger partial charge in [-0.2, -0.15) is 0 Å². The zero-order valence-electron chi connectivity index (χ0n) is 15.3. The van der Waals surface area contributed by atoms with Crippen LogP contribution in [-0.4, -0.2) is 50.3 Å². The molecule has 1 atom stereocenters. The number of nitrogens with zero attached hydrogens (tertiary/aromatic N) is 2. The smallest absolute Gasteiger partial charge is 0.335 e. The Morgan fingerprint density at radius 2 is 2.15 bits per heavy atom. The molecule has 3 N–H and O–H groups in total. The number of aromatic nitrogens is 2. The van der Waals surface area contributed by atoms with E-state index >= 15 is 0 Å². The van der Waals surface area contributed by atoms with Crippen molar-refractivity contribution in [1.29, 1.82) is 0 Å². The lowest BCUT2D eigenvalue weighted by Gasteiger charge is -2.29. The Hall–Kier alpha value is -3.16. The number of hydrogen-bond acceptors (Lipinski definition) is 4. The first kappa shape index (κ1) is 18.6. The van der Waals surface area contributed by atoms with E-state index in [0.717, 1.165) is 11.4 Å². The molecule has 1 aliphatic rings.